The third-order valence-electron chi connectivity index (χ3n) is 3.42. The smallest absolute Gasteiger partial charge is 0.243 e. The molecular formula is C20H23NO2. The number of carbonyl (C=O) groups excluding carboxylic acids is 1. The van der Waals surface area contributed by atoms with Gasteiger partial charge in [-0.05, 0) is 43.0 Å². The summed E-state index contributed by atoms with van der Waals surface area (Å²) >= 11 is 0. The van der Waals surface area contributed by atoms with Crippen LogP contribution in [0, 0.1) is 0 Å². The van der Waals surface area contributed by atoms with Gasteiger partial charge in [-0.1, -0.05) is 48.5 Å². The zero-order valence-electron chi connectivity index (χ0n) is 13.5. The average molecular weight is 309 g/mol. The number of nitrogens with one attached hydrogen (secondary N) is 1. The molecule has 2 rings (SSSR count). The molecule has 0 fully saturated rings. The van der Waals surface area contributed by atoms with Crippen LogP contribution in [-0.2, 0) is 11.2 Å². The zero-order valence-corrected chi connectivity index (χ0v) is 13.5. The van der Waals surface area contributed by atoms with E-state index in [9.17, 15) is 4.79 Å². The first-order valence-corrected chi connectivity index (χ1v) is 8.01. The molecule has 0 spiro atoms. The van der Waals surface area contributed by atoms with Crippen LogP contribution in [0.25, 0.3) is 6.08 Å². The van der Waals surface area contributed by atoms with Gasteiger partial charge in [-0.3, -0.25) is 4.79 Å². The molecule has 0 heterocycles. The monoisotopic (exact) mass is 309 g/mol. The Bertz CT molecular complexity index is 635. The SMILES string of the molecule is CCOc1ccccc1CCCNC(=O)/C=C/c1ccccc1. The van der Waals surface area contributed by atoms with Gasteiger partial charge in [0.2, 0.25) is 5.91 Å². The third-order valence-corrected chi connectivity index (χ3v) is 3.42. The Morgan fingerprint density at radius 1 is 1.09 bits per heavy atom. The van der Waals surface area contributed by atoms with Gasteiger partial charge < -0.3 is 10.1 Å². The Morgan fingerprint density at radius 3 is 2.61 bits per heavy atom. The van der Waals surface area contributed by atoms with Crippen LogP contribution in [0.5, 0.6) is 5.75 Å². The summed E-state index contributed by atoms with van der Waals surface area (Å²) in [6, 6.07) is 17.8. The topological polar surface area (TPSA) is 38.3 Å². The molecule has 0 aliphatic heterocycles. The number of hydrogen-bond acceptors (Lipinski definition) is 2. The molecule has 23 heavy (non-hydrogen) atoms. The minimum absolute atomic E-state index is 0.0630. The van der Waals surface area contributed by atoms with Gasteiger partial charge in [0.1, 0.15) is 5.75 Å². The van der Waals surface area contributed by atoms with Crippen LogP contribution in [0.4, 0.5) is 0 Å². The average Bonchev–Trinajstić information content (AvgIpc) is 2.59. The normalized spacial score (nSPS) is 10.7. The zero-order chi connectivity index (χ0) is 16.3. The maximum absolute atomic E-state index is 11.8. The summed E-state index contributed by atoms with van der Waals surface area (Å²) in [7, 11) is 0. The van der Waals surface area contributed by atoms with Gasteiger partial charge in [-0.25, -0.2) is 0 Å². The highest BCUT2D eigenvalue weighted by Crippen LogP contribution is 2.19. The van der Waals surface area contributed by atoms with E-state index in [0.717, 1.165) is 24.2 Å². The number of ether oxygens (including phenoxy) is 1. The van der Waals surface area contributed by atoms with Crippen molar-refractivity contribution in [1.29, 1.82) is 0 Å². The minimum Gasteiger partial charge on any atom is -0.494 e. The molecule has 2 aromatic carbocycles. The number of para-hydroxylation sites is 1. The fraction of sp³-hybridized carbons (Fsp3) is 0.250. The molecule has 0 saturated heterocycles. The molecular weight excluding hydrogens is 286 g/mol. The quantitative estimate of drug-likeness (QED) is 0.594. The van der Waals surface area contributed by atoms with E-state index in [1.807, 2.05) is 61.5 Å². The number of hydrogen-bond donors (Lipinski definition) is 1. The van der Waals surface area contributed by atoms with Crippen LogP contribution in [0.3, 0.4) is 0 Å². The number of benzene rings is 2. The second kappa shape index (κ2) is 9.46. The van der Waals surface area contributed by atoms with Crippen molar-refractivity contribution >= 4 is 12.0 Å². The lowest BCUT2D eigenvalue weighted by atomic mass is 10.1. The van der Waals surface area contributed by atoms with Gasteiger partial charge in [0, 0.05) is 12.6 Å². The number of rotatable bonds is 8. The van der Waals surface area contributed by atoms with Crippen LogP contribution in [-0.4, -0.2) is 19.1 Å². The summed E-state index contributed by atoms with van der Waals surface area (Å²) in [6.07, 6.45) is 5.16. The van der Waals surface area contributed by atoms with Crippen molar-refractivity contribution in [3.05, 3.63) is 71.8 Å². The maximum Gasteiger partial charge on any atom is 0.243 e. The summed E-state index contributed by atoms with van der Waals surface area (Å²) in [5.74, 6) is 0.872. The van der Waals surface area contributed by atoms with Crippen molar-refractivity contribution in [1.82, 2.24) is 5.32 Å². The van der Waals surface area contributed by atoms with E-state index in [1.165, 1.54) is 5.56 Å². The lowest BCUT2D eigenvalue weighted by Gasteiger charge is -2.09. The molecule has 0 radical (unpaired) electrons. The highest BCUT2D eigenvalue weighted by atomic mass is 16.5. The van der Waals surface area contributed by atoms with Gasteiger partial charge in [-0.2, -0.15) is 0 Å². The maximum atomic E-state index is 11.8. The van der Waals surface area contributed by atoms with Crippen molar-refractivity contribution in [2.45, 2.75) is 19.8 Å². The third kappa shape index (κ3) is 5.99. The van der Waals surface area contributed by atoms with Crippen molar-refractivity contribution < 1.29 is 9.53 Å². The Morgan fingerprint density at radius 2 is 1.83 bits per heavy atom. The lowest BCUT2D eigenvalue weighted by molar-refractivity contribution is -0.116. The molecule has 0 aromatic heterocycles. The van der Waals surface area contributed by atoms with Gasteiger partial charge in [0.25, 0.3) is 0 Å². The first-order chi connectivity index (χ1) is 11.3. The standard InChI is InChI=1S/C20H23NO2/c1-2-23-19-13-7-6-11-18(19)12-8-16-21-20(22)15-14-17-9-4-3-5-10-17/h3-7,9-11,13-15H,2,8,12,16H2,1H3,(H,21,22)/b15-14+. The van der Waals surface area contributed by atoms with Crippen LogP contribution in [0.15, 0.2) is 60.7 Å². The van der Waals surface area contributed by atoms with E-state index in [1.54, 1.807) is 6.08 Å². The van der Waals surface area contributed by atoms with Gasteiger partial charge >= 0.3 is 0 Å². The Balaban J connectivity index is 1.73. The van der Waals surface area contributed by atoms with Crippen molar-refractivity contribution in [2.24, 2.45) is 0 Å². The summed E-state index contributed by atoms with van der Waals surface area (Å²) in [6.45, 7) is 3.30. The molecule has 1 N–H and O–H groups in total. The van der Waals surface area contributed by atoms with Crippen LogP contribution in [0.2, 0.25) is 0 Å². The molecule has 0 unspecified atom stereocenters. The van der Waals surface area contributed by atoms with E-state index < -0.39 is 0 Å². The van der Waals surface area contributed by atoms with Crippen LogP contribution < -0.4 is 10.1 Å². The summed E-state index contributed by atoms with van der Waals surface area (Å²) in [5, 5.41) is 2.91. The first kappa shape index (κ1) is 16.8. The highest BCUT2D eigenvalue weighted by Gasteiger charge is 2.02. The fourth-order valence-electron chi connectivity index (χ4n) is 2.29. The van der Waals surface area contributed by atoms with E-state index in [0.29, 0.717) is 13.2 Å². The summed E-state index contributed by atoms with van der Waals surface area (Å²) < 4.78 is 5.60. The molecule has 0 aliphatic carbocycles. The van der Waals surface area contributed by atoms with E-state index in [2.05, 4.69) is 11.4 Å². The first-order valence-electron chi connectivity index (χ1n) is 8.01. The molecule has 3 heteroatoms. The fourth-order valence-corrected chi connectivity index (χ4v) is 2.29. The lowest BCUT2D eigenvalue weighted by Crippen LogP contribution is -2.22. The number of amides is 1. The molecule has 1 amide bonds. The minimum atomic E-state index is -0.0630. The van der Waals surface area contributed by atoms with Gasteiger partial charge in [0.05, 0.1) is 6.61 Å². The Kier molecular flexibility index (Phi) is 6.92. The van der Waals surface area contributed by atoms with Gasteiger partial charge in [0.15, 0.2) is 0 Å². The second-order valence-electron chi connectivity index (χ2n) is 5.18. The van der Waals surface area contributed by atoms with Crippen molar-refractivity contribution in [3.8, 4) is 5.75 Å². The predicted molar refractivity (Wildman–Crippen MR) is 94.4 cm³/mol. The molecule has 0 saturated carbocycles. The molecule has 0 bridgehead atoms. The number of carbonyl (C=O) groups is 1. The Hall–Kier alpha value is -2.55. The van der Waals surface area contributed by atoms with E-state index >= 15 is 0 Å². The summed E-state index contributed by atoms with van der Waals surface area (Å²) in [4.78, 5) is 11.8. The Labute approximate surface area is 138 Å². The molecule has 120 valence electrons. The molecule has 0 atom stereocenters. The van der Waals surface area contributed by atoms with E-state index in [4.69, 9.17) is 4.74 Å². The molecule has 2 aromatic rings. The largest absolute Gasteiger partial charge is 0.494 e. The molecule has 3 nitrogen and oxygen atoms in total. The highest BCUT2D eigenvalue weighted by molar-refractivity contribution is 5.91. The van der Waals surface area contributed by atoms with Crippen molar-refractivity contribution in [3.63, 3.8) is 0 Å². The molecule has 0 aliphatic rings. The van der Waals surface area contributed by atoms with Crippen LogP contribution in [0.1, 0.15) is 24.5 Å². The predicted octanol–water partition coefficient (Wildman–Crippen LogP) is 3.85. The van der Waals surface area contributed by atoms with Crippen LogP contribution >= 0.6 is 0 Å². The number of aryl methyl sites for hydroxylation is 1. The summed E-state index contributed by atoms with van der Waals surface area (Å²) in [5.41, 5.74) is 2.21. The van der Waals surface area contributed by atoms with Crippen molar-refractivity contribution in [2.75, 3.05) is 13.2 Å². The second-order valence-corrected chi connectivity index (χ2v) is 5.18. The van der Waals surface area contributed by atoms with E-state index in [-0.39, 0.29) is 5.91 Å². The van der Waals surface area contributed by atoms with Gasteiger partial charge in [-0.15, -0.1) is 0 Å².